The summed E-state index contributed by atoms with van der Waals surface area (Å²) >= 11 is 4.14. The van der Waals surface area contributed by atoms with E-state index in [1.54, 1.807) is 6.08 Å². The zero-order valence-electron chi connectivity index (χ0n) is 6.45. The molecule has 0 bridgehead atoms. The fraction of sp³-hybridized carbons (Fsp3) is 0.111. The van der Waals surface area contributed by atoms with Gasteiger partial charge in [0.25, 0.3) is 0 Å². The Balaban J connectivity index is 2.41. The lowest BCUT2D eigenvalue weighted by molar-refractivity contribution is 0.342. The molecule has 0 saturated carbocycles. The lowest BCUT2D eigenvalue weighted by Crippen LogP contribution is -2.10. The fourth-order valence-corrected chi connectivity index (χ4v) is 1.42. The highest BCUT2D eigenvalue weighted by Gasteiger charge is 2.17. The Kier molecular flexibility index (Phi) is 1.73. The Morgan fingerprint density at radius 1 is 1.58 bits per heavy atom. The maximum Gasteiger partial charge on any atom is 0.216 e. The van der Waals surface area contributed by atoms with Crippen LogP contribution in [0.4, 0.5) is 5.69 Å². The van der Waals surface area contributed by atoms with E-state index in [0.717, 1.165) is 17.0 Å². The largest absolute Gasteiger partial charge is 0.459 e. The number of thiol groups is 1. The summed E-state index contributed by atoms with van der Waals surface area (Å²) in [5.74, 6) is 0.840. The zero-order chi connectivity index (χ0) is 8.55. The molecule has 62 valence electrons. The van der Waals surface area contributed by atoms with Crippen molar-refractivity contribution in [3.63, 3.8) is 0 Å². The van der Waals surface area contributed by atoms with Crippen LogP contribution in [0.1, 0.15) is 5.56 Å². The molecule has 0 radical (unpaired) electrons. The lowest BCUT2D eigenvalue weighted by Gasteiger charge is -2.00. The molecule has 1 aliphatic rings. The SMILES string of the molecule is C=Cc1ccc2c(c1)OC(S)N2. The molecule has 12 heavy (non-hydrogen) atoms. The maximum atomic E-state index is 5.35. The number of hydrogen-bond acceptors (Lipinski definition) is 3. The van der Waals surface area contributed by atoms with Crippen LogP contribution < -0.4 is 10.1 Å². The zero-order valence-corrected chi connectivity index (χ0v) is 7.34. The Hall–Kier alpha value is -1.09. The molecule has 0 spiro atoms. The summed E-state index contributed by atoms with van der Waals surface area (Å²) in [6, 6.07) is 5.88. The smallest absolute Gasteiger partial charge is 0.216 e. The summed E-state index contributed by atoms with van der Waals surface area (Å²) in [5, 5.41) is 3.06. The standard InChI is InChI=1S/C9H9NOS/c1-2-6-3-4-7-8(5-6)11-9(12)10-7/h2-5,9-10,12H,1H2. The van der Waals surface area contributed by atoms with Crippen LogP contribution in [0.15, 0.2) is 24.8 Å². The van der Waals surface area contributed by atoms with Crippen molar-refractivity contribution in [1.29, 1.82) is 0 Å². The Bertz CT molecular complexity index is 324. The number of benzene rings is 1. The molecule has 0 amide bonds. The van der Waals surface area contributed by atoms with Gasteiger partial charge in [-0.2, -0.15) is 0 Å². The van der Waals surface area contributed by atoms with Crippen molar-refractivity contribution in [1.82, 2.24) is 0 Å². The van der Waals surface area contributed by atoms with Gasteiger partial charge in [0, 0.05) is 0 Å². The van der Waals surface area contributed by atoms with Gasteiger partial charge in [0.1, 0.15) is 5.75 Å². The highest BCUT2D eigenvalue weighted by molar-refractivity contribution is 7.80. The van der Waals surface area contributed by atoms with Crippen molar-refractivity contribution in [3.05, 3.63) is 30.3 Å². The minimum Gasteiger partial charge on any atom is -0.459 e. The van der Waals surface area contributed by atoms with E-state index in [1.807, 2.05) is 18.2 Å². The summed E-state index contributed by atoms with van der Waals surface area (Å²) in [5.41, 5.74) is 1.82. The van der Waals surface area contributed by atoms with Gasteiger partial charge in [-0.15, -0.1) is 12.6 Å². The van der Waals surface area contributed by atoms with Crippen LogP contribution in [0.25, 0.3) is 6.08 Å². The highest BCUT2D eigenvalue weighted by atomic mass is 32.1. The van der Waals surface area contributed by atoms with Gasteiger partial charge < -0.3 is 10.1 Å². The van der Waals surface area contributed by atoms with Gasteiger partial charge in [-0.3, -0.25) is 0 Å². The molecule has 1 atom stereocenters. The van der Waals surface area contributed by atoms with Crippen LogP contribution >= 0.6 is 12.6 Å². The van der Waals surface area contributed by atoms with Crippen molar-refractivity contribution in [2.75, 3.05) is 5.32 Å². The minimum absolute atomic E-state index is 0.222. The first kappa shape index (κ1) is 7.55. The van der Waals surface area contributed by atoms with Crippen molar-refractivity contribution in [2.45, 2.75) is 5.56 Å². The summed E-state index contributed by atoms with van der Waals surface area (Å²) in [7, 11) is 0. The molecule has 1 aromatic rings. The Morgan fingerprint density at radius 2 is 2.42 bits per heavy atom. The molecule has 1 aliphatic heterocycles. The fourth-order valence-electron chi connectivity index (χ4n) is 1.17. The van der Waals surface area contributed by atoms with E-state index in [1.165, 1.54) is 0 Å². The summed E-state index contributed by atoms with van der Waals surface area (Å²) in [4.78, 5) is 0. The van der Waals surface area contributed by atoms with E-state index in [9.17, 15) is 0 Å². The first-order valence-corrected chi connectivity index (χ1v) is 4.19. The molecular formula is C9H9NOS. The number of anilines is 1. The molecule has 0 saturated heterocycles. The molecule has 0 aromatic heterocycles. The number of hydrogen-bond donors (Lipinski definition) is 2. The van der Waals surface area contributed by atoms with Crippen molar-refractivity contribution >= 4 is 24.4 Å². The molecule has 2 rings (SSSR count). The van der Waals surface area contributed by atoms with Crippen LogP contribution in [0.5, 0.6) is 5.75 Å². The summed E-state index contributed by atoms with van der Waals surface area (Å²) in [6.45, 7) is 3.68. The van der Waals surface area contributed by atoms with Crippen molar-refractivity contribution in [2.24, 2.45) is 0 Å². The number of nitrogens with one attached hydrogen (secondary N) is 1. The normalized spacial score (nSPS) is 19.2. The van der Waals surface area contributed by atoms with Crippen molar-refractivity contribution < 1.29 is 4.74 Å². The predicted molar refractivity (Wildman–Crippen MR) is 53.6 cm³/mol. The highest BCUT2D eigenvalue weighted by Crippen LogP contribution is 2.33. The second kappa shape index (κ2) is 2.75. The number of rotatable bonds is 1. The number of fused-ring (bicyclic) bond motifs is 1. The lowest BCUT2D eigenvalue weighted by atomic mass is 10.2. The van der Waals surface area contributed by atoms with Crippen LogP contribution in [0.3, 0.4) is 0 Å². The molecular weight excluding hydrogens is 170 g/mol. The van der Waals surface area contributed by atoms with E-state index >= 15 is 0 Å². The van der Waals surface area contributed by atoms with Crippen LogP contribution in [-0.4, -0.2) is 5.56 Å². The molecule has 1 aromatic carbocycles. The maximum absolute atomic E-state index is 5.35. The average molecular weight is 179 g/mol. The van der Waals surface area contributed by atoms with Crippen LogP contribution in [0.2, 0.25) is 0 Å². The molecule has 3 heteroatoms. The second-order valence-electron chi connectivity index (χ2n) is 2.57. The van der Waals surface area contributed by atoms with Crippen molar-refractivity contribution in [3.8, 4) is 5.75 Å². The topological polar surface area (TPSA) is 21.3 Å². The molecule has 1 N–H and O–H groups in total. The molecule has 1 heterocycles. The van der Waals surface area contributed by atoms with Gasteiger partial charge >= 0.3 is 0 Å². The van der Waals surface area contributed by atoms with E-state index in [0.29, 0.717) is 0 Å². The first-order chi connectivity index (χ1) is 5.79. The Morgan fingerprint density at radius 3 is 3.17 bits per heavy atom. The minimum atomic E-state index is -0.222. The summed E-state index contributed by atoms with van der Waals surface area (Å²) < 4.78 is 5.35. The molecule has 0 fully saturated rings. The third kappa shape index (κ3) is 1.16. The third-order valence-corrected chi connectivity index (χ3v) is 1.99. The van der Waals surface area contributed by atoms with E-state index in [2.05, 4.69) is 24.5 Å². The average Bonchev–Trinajstić information content (AvgIpc) is 2.43. The predicted octanol–water partition coefficient (Wildman–Crippen LogP) is 2.35. The van der Waals surface area contributed by atoms with E-state index < -0.39 is 0 Å². The number of ether oxygens (including phenoxy) is 1. The first-order valence-electron chi connectivity index (χ1n) is 3.67. The second-order valence-corrected chi connectivity index (χ2v) is 3.04. The van der Waals surface area contributed by atoms with Gasteiger partial charge in [-0.25, -0.2) is 0 Å². The summed E-state index contributed by atoms with van der Waals surface area (Å²) in [6.07, 6.45) is 1.79. The van der Waals surface area contributed by atoms with Gasteiger partial charge in [-0.05, 0) is 17.7 Å². The molecule has 2 nitrogen and oxygen atoms in total. The Labute approximate surface area is 76.6 Å². The molecule has 1 unspecified atom stereocenters. The van der Waals surface area contributed by atoms with E-state index in [4.69, 9.17) is 4.74 Å². The monoisotopic (exact) mass is 179 g/mol. The van der Waals surface area contributed by atoms with Gasteiger partial charge in [0.15, 0.2) is 0 Å². The van der Waals surface area contributed by atoms with Crippen LogP contribution in [-0.2, 0) is 0 Å². The quantitative estimate of drug-likeness (QED) is 0.646. The third-order valence-electron chi connectivity index (χ3n) is 1.76. The van der Waals surface area contributed by atoms with Gasteiger partial charge in [0.05, 0.1) is 5.69 Å². The molecule has 0 aliphatic carbocycles. The van der Waals surface area contributed by atoms with Gasteiger partial charge in [-0.1, -0.05) is 18.7 Å². The van der Waals surface area contributed by atoms with Crippen LogP contribution in [0, 0.1) is 0 Å². The van der Waals surface area contributed by atoms with Gasteiger partial charge in [0.2, 0.25) is 5.56 Å². The van der Waals surface area contributed by atoms with E-state index in [-0.39, 0.29) is 5.56 Å².